The molecule has 0 heterocycles. The molecule has 0 amide bonds. The van der Waals surface area contributed by atoms with Gasteiger partial charge in [0.05, 0.1) is 0 Å². The van der Waals surface area contributed by atoms with E-state index in [0.29, 0.717) is 0 Å². The van der Waals surface area contributed by atoms with Crippen LogP contribution in [-0.2, 0) is 0 Å². The van der Waals surface area contributed by atoms with Gasteiger partial charge in [-0.3, -0.25) is 0 Å². The van der Waals surface area contributed by atoms with Crippen LogP contribution in [0.15, 0.2) is 91.0 Å². The Bertz CT molecular complexity index is 576. The van der Waals surface area contributed by atoms with Gasteiger partial charge in [-0.25, -0.2) is 0 Å². The molecule has 3 rings (SSSR count). The molecule has 0 fully saturated rings. The van der Waals surface area contributed by atoms with Gasteiger partial charge in [-0.05, 0) is 17.5 Å². The van der Waals surface area contributed by atoms with Crippen LogP contribution in [0.5, 0.6) is 0 Å². The number of hydrogen-bond acceptors (Lipinski definition) is 0. The molecule has 0 saturated heterocycles. The normalized spacial score (nSPS) is 10.1. The van der Waals surface area contributed by atoms with Gasteiger partial charge in [-0.2, -0.15) is 0 Å². The molecular formula is C19H19P. The van der Waals surface area contributed by atoms with Gasteiger partial charge in [-0.15, -0.1) is 0 Å². The average Bonchev–Trinajstić information content (AvgIpc) is 2.51. The highest BCUT2D eigenvalue weighted by Gasteiger charge is 1.94. The zero-order valence-electron chi connectivity index (χ0n) is 11.7. The Morgan fingerprint density at radius 1 is 0.550 bits per heavy atom. The summed E-state index contributed by atoms with van der Waals surface area (Å²) in [5.41, 5.74) is 1.34. The molecule has 1 atom stereocenters. The van der Waals surface area contributed by atoms with Gasteiger partial charge in [-0.1, -0.05) is 105 Å². The van der Waals surface area contributed by atoms with Gasteiger partial charge in [0.2, 0.25) is 0 Å². The van der Waals surface area contributed by atoms with Crippen LogP contribution in [0, 0.1) is 6.92 Å². The van der Waals surface area contributed by atoms with Gasteiger partial charge in [0.15, 0.2) is 0 Å². The molecule has 1 heteroatoms. The summed E-state index contributed by atoms with van der Waals surface area (Å²) in [6.45, 7) is 2.14. The zero-order valence-corrected chi connectivity index (χ0v) is 12.7. The summed E-state index contributed by atoms with van der Waals surface area (Å²) in [7, 11) is 0.773. The molecule has 0 spiro atoms. The fourth-order valence-corrected chi connectivity index (χ4v) is 2.97. The second-order valence-electron chi connectivity index (χ2n) is 4.52. The summed E-state index contributed by atoms with van der Waals surface area (Å²) in [5.74, 6) is 0. The number of hydrogen-bond donors (Lipinski definition) is 0. The Balaban J connectivity index is 0.000000205. The van der Waals surface area contributed by atoms with Crippen molar-refractivity contribution >= 4 is 19.2 Å². The van der Waals surface area contributed by atoms with E-state index >= 15 is 0 Å². The quantitative estimate of drug-likeness (QED) is 0.613. The third-order valence-corrected chi connectivity index (χ3v) is 3.97. The van der Waals surface area contributed by atoms with Gasteiger partial charge in [0.25, 0.3) is 0 Å². The van der Waals surface area contributed by atoms with Crippen LogP contribution in [0.4, 0.5) is 0 Å². The third-order valence-electron chi connectivity index (χ3n) is 2.75. The van der Waals surface area contributed by atoms with Gasteiger partial charge in [0.1, 0.15) is 0 Å². The van der Waals surface area contributed by atoms with Crippen LogP contribution in [0.2, 0.25) is 0 Å². The molecule has 0 aliphatic rings. The minimum Gasteiger partial charge on any atom is -0.0623 e. The first kappa shape index (κ1) is 14.5. The molecule has 0 radical (unpaired) electrons. The van der Waals surface area contributed by atoms with Gasteiger partial charge in [0, 0.05) is 0 Å². The zero-order chi connectivity index (χ0) is 14.0. The van der Waals surface area contributed by atoms with Crippen LogP contribution in [0.25, 0.3) is 0 Å². The fraction of sp³-hybridized carbons (Fsp3) is 0.0526. The van der Waals surface area contributed by atoms with Crippen molar-refractivity contribution < 1.29 is 0 Å². The van der Waals surface area contributed by atoms with Gasteiger partial charge >= 0.3 is 0 Å². The standard InChI is InChI=1S/C13H13P.C6H6/c1-11-6-5-9-13(10-11)14-12-7-3-2-4-8-12;1-2-4-6-5-3-1/h2-10,14H,1H3;1-6H. The van der Waals surface area contributed by atoms with Crippen LogP contribution in [0.3, 0.4) is 0 Å². The van der Waals surface area contributed by atoms with Gasteiger partial charge < -0.3 is 0 Å². The summed E-state index contributed by atoms with van der Waals surface area (Å²) >= 11 is 0. The van der Waals surface area contributed by atoms with E-state index in [1.54, 1.807) is 0 Å². The molecule has 3 aromatic rings. The van der Waals surface area contributed by atoms with E-state index in [2.05, 4.69) is 61.5 Å². The van der Waals surface area contributed by atoms with Crippen LogP contribution < -0.4 is 10.6 Å². The molecule has 100 valence electrons. The van der Waals surface area contributed by atoms with Crippen molar-refractivity contribution in [3.8, 4) is 0 Å². The van der Waals surface area contributed by atoms with E-state index in [0.717, 1.165) is 8.58 Å². The monoisotopic (exact) mass is 278 g/mol. The highest BCUT2D eigenvalue weighted by Crippen LogP contribution is 2.10. The Morgan fingerprint density at radius 3 is 1.60 bits per heavy atom. The van der Waals surface area contributed by atoms with Crippen molar-refractivity contribution in [3.63, 3.8) is 0 Å². The molecular weight excluding hydrogens is 259 g/mol. The number of benzene rings is 3. The predicted molar refractivity (Wildman–Crippen MR) is 91.6 cm³/mol. The SMILES string of the molecule is Cc1cccc(Pc2ccccc2)c1.c1ccccc1. The highest BCUT2D eigenvalue weighted by molar-refractivity contribution is 7.55. The van der Waals surface area contributed by atoms with Crippen molar-refractivity contribution in [1.29, 1.82) is 0 Å². The third kappa shape index (κ3) is 5.38. The summed E-state index contributed by atoms with van der Waals surface area (Å²) in [6.07, 6.45) is 0. The van der Waals surface area contributed by atoms with Crippen molar-refractivity contribution in [2.24, 2.45) is 0 Å². The summed E-state index contributed by atoms with van der Waals surface area (Å²) in [5, 5.41) is 2.81. The van der Waals surface area contributed by atoms with E-state index in [9.17, 15) is 0 Å². The molecule has 3 aromatic carbocycles. The van der Waals surface area contributed by atoms with E-state index in [-0.39, 0.29) is 0 Å². The molecule has 20 heavy (non-hydrogen) atoms. The fourth-order valence-electron chi connectivity index (χ4n) is 1.80. The van der Waals surface area contributed by atoms with E-state index in [4.69, 9.17) is 0 Å². The second kappa shape index (κ2) is 8.30. The topological polar surface area (TPSA) is 0 Å². The minimum absolute atomic E-state index is 0.773. The lowest BCUT2D eigenvalue weighted by Crippen LogP contribution is -2.02. The average molecular weight is 278 g/mol. The Hall–Kier alpha value is -1.91. The maximum absolute atomic E-state index is 2.26. The molecule has 0 nitrogen and oxygen atoms in total. The first-order valence-electron chi connectivity index (χ1n) is 6.73. The van der Waals surface area contributed by atoms with Crippen LogP contribution >= 0.6 is 8.58 Å². The van der Waals surface area contributed by atoms with Crippen molar-refractivity contribution in [2.75, 3.05) is 0 Å². The molecule has 0 saturated carbocycles. The molecule has 0 bridgehead atoms. The lowest BCUT2D eigenvalue weighted by Gasteiger charge is -2.02. The Morgan fingerprint density at radius 2 is 1.05 bits per heavy atom. The first-order chi connectivity index (χ1) is 9.84. The molecule has 0 aliphatic heterocycles. The molecule has 1 unspecified atom stereocenters. The van der Waals surface area contributed by atoms with Crippen LogP contribution in [0.1, 0.15) is 5.56 Å². The maximum atomic E-state index is 2.26. The predicted octanol–water partition coefficient (Wildman–Crippen LogP) is 4.31. The summed E-state index contributed by atoms with van der Waals surface area (Å²) in [4.78, 5) is 0. The molecule has 0 N–H and O–H groups in total. The minimum atomic E-state index is 0.773. The van der Waals surface area contributed by atoms with E-state index < -0.39 is 0 Å². The number of rotatable bonds is 2. The second-order valence-corrected chi connectivity index (χ2v) is 5.92. The smallest absolute Gasteiger partial charge is 0.0224 e. The molecule has 0 aromatic heterocycles. The van der Waals surface area contributed by atoms with E-state index in [1.807, 2.05) is 36.4 Å². The van der Waals surface area contributed by atoms with E-state index in [1.165, 1.54) is 16.2 Å². The lowest BCUT2D eigenvalue weighted by atomic mass is 10.2. The summed E-state index contributed by atoms with van der Waals surface area (Å²) < 4.78 is 0. The first-order valence-corrected chi connectivity index (χ1v) is 7.73. The van der Waals surface area contributed by atoms with Crippen molar-refractivity contribution in [2.45, 2.75) is 6.92 Å². The van der Waals surface area contributed by atoms with Crippen LogP contribution in [-0.4, -0.2) is 0 Å². The number of aryl methyl sites for hydroxylation is 1. The van der Waals surface area contributed by atoms with Crippen molar-refractivity contribution in [1.82, 2.24) is 0 Å². The Labute approximate surface area is 123 Å². The highest BCUT2D eigenvalue weighted by atomic mass is 31.1. The Kier molecular flexibility index (Phi) is 6.02. The lowest BCUT2D eigenvalue weighted by molar-refractivity contribution is 1.50. The largest absolute Gasteiger partial charge is 0.0623 e. The van der Waals surface area contributed by atoms with Crippen molar-refractivity contribution in [3.05, 3.63) is 96.6 Å². The maximum Gasteiger partial charge on any atom is -0.0224 e. The summed E-state index contributed by atoms with van der Waals surface area (Å²) in [6, 6.07) is 31.3. The molecule has 0 aliphatic carbocycles.